The Bertz CT molecular complexity index is 1060. The fraction of sp³-hybridized carbons (Fsp3) is 0. The molecule has 0 spiro atoms. The summed E-state index contributed by atoms with van der Waals surface area (Å²) >= 11 is 6.32. The lowest BCUT2D eigenvalue weighted by Gasteiger charge is -2.09. The first-order valence-electron chi connectivity index (χ1n) is 7.19. The molecule has 2 aromatic carbocycles. The van der Waals surface area contributed by atoms with Crippen molar-refractivity contribution in [1.29, 1.82) is 0 Å². The number of aromatic nitrogens is 2. The average Bonchev–Trinajstić information content (AvgIpc) is 2.92. The molecule has 7 nitrogen and oxygen atoms in total. The highest BCUT2D eigenvalue weighted by molar-refractivity contribution is 7.89. The normalized spacial score (nSPS) is 11.3. The highest BCUT2D eigenvalue weighted by Crippen LogP contribution is 2.35. The van der Waals surface area contributed by atoms with Crippen LogP contribution in [-0.2, 0) is 14.8 Å². The summed E-state index contributed by atoms with van der Waals surface area (Å²) < 4.78 is 37.4. The fourth-order valence-corrected chi connectivity index (χ4v) is 3.16. The van der Waals surface area contributed by atoms with Crippen LogP contribution >= 0.6 is 11.6 Å². The van der Waals surface area contributed by atoms with Crippen LogP contribution in [0.25, 0.3) is 16.9 Å². The number of nitrogens with one attached hydrogen (secondary N) is 1. The summed E-state index contributed by atoms with van der Waals surface area (Å²) in [7, 11) is -3.84. The van der Waals surface area contributed by atoms with Crippen LogP contribution in [0.1, 0.15) is 0 Å². The largest absolute Gasteiger partial charge is 0.311 e. The molecule has 26 heavy (non-hydrogen) atoms. The Kier molecular flexibility index (Phi) is 4.77. The van der Waals surface area contributed by atoms with Crippen molar-refractivity contribution in [2.45, 2.75) is 4.90 Å². The van der Waals surface area contributed by atoms with Gasteiger partial charge in [-0.1, -0.05) is 11.6 Å². The van der Waals surface area contributed by atoms with Gasteiger partial charge in [-0.05, 0) is 48.5 Å². The van der Waals surface area contributed by atoms with E-state index in [2.05, 4.69) is 10.4 Å². The van der Waals surface area contributed by atoms with Gasteiger partial charge in [0, 0.05) is 5.56 Å². The molecular weight excluding hydrogens is 383 g/mol. The molecule has 3 N–H and O–H groups in total. The van der Waals surface area contributed by atoms with Crippen LogP contribution in [0.5, 0.6) is 0 Å². The maximum atomic E-state index is 13.2. The first kappa shape index (κ1) is 18.1. The van der Waals surface area contributed by atoms with Crippen LogP contribution in [0.4, 0.5) is 10.2 Å². The smallest absolute Gasteiger partial charge is 0.238 e. The van der Waals surface area contributed by atoms with Crippen LogP contribution in [-0.4, -0.2) is 24.6 Å². The Labute approximate surface area is 153 Å². The topological polar surface area (TPSA) is 107 Å². The van der Waals surface area contributed by atoms with Gasteiger partial charge in [0.25, 0.3) is 0 Å². The lowest BCUT2D eigenvalue weighted by molar-refractivity contribution is -0.105. The Hall–Kier alpha value is -2.75. The molecule has 1 aromatic heterocycles. The lowest BCUT2D eigenvalue weighted by atomic mass is 10.1. The second-order valence-corrected chi connectivity index (χ2v) is 7.17. The minimum atomic E-state index is -3.84. The molecule has 134 valence electrons. The molecule has 0 saturated heterocycles. The number of amides is 1. The number of nitrogens with two attached hydrogens (primary N) is 1. The highest BCUT2D eigenvalue weighted by atomic mass is 35.5. The number of hydrogen-bond donors (Lipinski definition) is 2. The number of rotatable bonds is 5. The number of hydrogen-bond acceptors (Lipinski definition) is 4. The van der Waals surface area contributed by atoms with Crippen LogP contribution in [0.15, 0.2) is 53.4 Å². The van der Waals surface area contributed by atoms with Gasteiger partial charge < -0.3 is 5.32 Å². The van der Waals surface area contributed by atoms with Crippen molar-refractivity contribution in [1.82, 2.24) is 9.78 Å². The zero-order valence-corrected chi connectivity index (χ0v) is 14.6. The Morgan fingerprint density at radius 1 is 1.12 bits per heavy atom. The second kappa shape index (κ2) is 6.87. The number of benzene rings is 2. The average molecular weight is 395 g/mol. The van der Waals surface area contributed by atoms with Crippen LogP contribution < -0.4 is 10.5 Å². The van der Waals surface area contributed by atoms with E-state index in [1.54, 1.807) is 0 Å². The molecule has 0 aliphatic heterocycles. The van der Waals surface area contributed by atoms with Gasteiger partial charge >= 0.3 is 0 Å². The molecule has 0 radical (unpaired) electrons. The summed E-state index contributed by atoms with van der Waals surface area (Å²) in [6.45, 7) is 0. The van der Waals surface area contributed by atoms with Gasteiger partial charge in [0.05, 0.1) is 16.3 Å². The Morgan fingerprint density at radius 2 is 1.73 bits per heavy atom. The Balaban J connectivity index is 2.18. The number of nitrogens with zero attached hydrogens (tertiary/aromatic N) is 2. The van der Waals surface area contributed by atoms with E-state index in [1.807, 2.05) is 0 Å². The van der Waals surface area contributed by atoms with E-state index in [0.29, 0.717) is 23.4 Å². The number of halogens is 2. The number of sulfonamides is 1. The standard InChI is InChI=1S/C16H12ClFN4O3S/c17-14-15(10-1-3-11(18)4-2-10)22(21-16(14)20-9-23)12-5-7-13(8-6-12)26(19,24)25/h1-9H,(H2,19,24,25)(H,20,21,23). The van der Waals surface area contributed by atoms with Crippen molar-refractivity contribution in [3.8, 4) is 16.9 Å². The van der Waals surface area contributed by atoms with Crippen molar-refractivity contribution < 1.29 is 17.6 Å². The van der Waals surface area contributed by atoms with Crippen LogP contribution in [0.2, 0.25) is 5.02 Å². The predicted molar refractivity (Wildman–Crippen MR) is 95.0 cm³/mol. The second-order valence-electron chi connectivity index (χ2n) is 5.23. The van der Waals surface area contributed by atoms with Crippen LogP contribution in [0, 0.1) is 5.82 Å². The minimum Gasteiger partial charge on any atom is -0.311 e. The maximum Gasteiger partial charge on any atom is 0.238 e. The van der Waals surface area contributed by atoms with E-state index in [1.165, 1.54) is 53.2 Å². The van der Waals surface area contributed by atoms with Gasteiger partial charge in [-0.15, -0.1) is 5.10 Å². The molecule has 1 heterocycles. The van der Waals surface area contributed by atoms with Gasteiger partial charge in [0.1, 0.15) is 10.8 Å². The van der Waals surface area contributed by atoms with E-state index in [0.717, 1.165) is 0 Å². The SMILES string of the molecule is NS(=O)(=O)c1ccc(-n2nc(NC=O)c(Cl)c2-c2ccc(F)cc2)cc1. The fourth-order valence-electron chi connectivity index (χ4n) is 2.37. The zero-order valence-electron chi connectivity index (χ0n) is 13.1. The van der Waals surface area contributed by atoms with E-state index in [4.69, 9.17) is 16.7 Å². The number of carbonyl (C=O) groups is 1. The van der Waals surface area contributed by atoms with E-state index in [9.17, 15) is 17.6 Å². The van der Waals surface area contributed by atoms with Gasteiger partial charge in [-0.25, -0.2) is 22.6 Å². The summed E-state index contributed by atoms with van der Waals surface area (Å²) in [5.41, 5.74) is 1.43. The van der Waals surface area contributed by atoms with Crippen molar-refractivity contribution in [3.05, 3.63) is 59.4 Å². The van der Waals surface area contributed by atoms with Crippen molar-refractivity contribution in [2.24, 2.45) is 5.14 Å². The molecule has 3 aromatic rings. The zero-order chi connectivity index (χ0) is 18.9. The Morgan fingerprint density at radius 3 is 2.27 bits per heavy atom. The van der Waals surface area contributed by atoms with E-state index in [-0.39, 0.29) is 15.7 Å². The number of anilines is 1. The first-order chi connectivity index (χ1) is 12.3. The molecule has 0 atom stereocenters. The molecule has 3 rings (SSSR count). The lowest BCUT2D eigenvalue weighted by Crippen LogP contribution is -2.12. The quantitative estimate of drug-likeness (QED) is 0.648. The van der Waals surface area contributed by atoms with Gasteiger partial charge in [0.2, 0.25) is 16.4 Å². The summed E-state index contributed by atoms with van der Waals surface area (Å²) in [4.78, 5) is 10.7. The van der Waals surface area contributed by atoms with E-state index < -0.39 is 15.8 Å². The molecule has 1 amide bonds. The van der Waals surface area contributed by atoms with Crippen molar-refractivity contribution in [3.63, 3.8) is 0 Å². The molecule has 0 aliphatic carbocycles. The third-order valence-corrected chi connectivity index (χ3v) is 4.84. The molecule has 0 bridgehead atoms. The summed E-state index contributed by atoms with van der Waals surface area (Å²) in [5, 5.41) is 11.9. The highest BCUT2D eigenvalue weighted by Gasteiger charge is 2.19. The van der Waals surface area contributed by atoms with Crippen molar-refractivity contribution in [2.75, 3.05) is 5.32 Å². The summed E-state index contributed by atoms with van der Waals surface area (Å²) in [6.07, 6.45) is 0.428. The van der Waals surface area contributed by atoms with Crippen molar-refractivity contribution >= 4 is 33.9 Å². The molecule has 0 aliphatic rings. The van der Waals surface area contributed by atoms with Crippen LogP contribution in [0.3, 0.4) is 0 Å². The van der Waals surface area contributed by atoms with Gasteiger partial charge in [0.15, 0.2) is 5.82 Å². The van der Waals surface area contributed by atoms with Gasteiger partial charge in [-0.3, -0.25) is 4.79 Å². The summed E-state index contributed by atoms with van der Waals surface area (Å²) in [6, 6.07) is 11.2. The molecule has 10 heteroatoms. The molecule has 0 fully saturated rings. The monoisotopic (exact) mass is 394 g/mol. The number of carbonyl (C=O) groups excluding carboxylic acids is 1. The minimum absolute atomic E-state index is 0.0610. The summed E-state index contributed by atoms with van der Waals surface area (Å²) in [5.74, 6) is -0.309. The third kappa shape index (κ3) is 3.45. The maximum absolute atomic E-state index is 13.2. The third-order valence-electron chi connectivity index (χ3n) is 3.55. The molecular formula is C16H12ClFN4O3S. The molecule has 0 saturated carbocycles. The number of primary sulfonamides is 1. The predicted octanol–water partition coefficient (Wildman–Crippen LogP) is 2.55. The van der Waals surface area contributed by atoms with Gasteiger partial charge in [-0.2, -0.15) is 0 Å². The first-order valence-corrected chi connectivity index (χ1v) is 9.11. The molecule has 0 unspecified atom stereocenters. The van der Waals surface area contributed by atoms with E-state index >= 15 is 0 Å².